The molecule has 0 spiro atoms. The molecule has 3 aromatic rings. The van der Waals surface area contributed by atoms with Gasteiger partial charge in [-0.2, -0.15) is 0 Å². The van der Waals surface area contributed by atoms with Crippen molar-refractivity contribution in [2.45, 2.75) is 32.9 Å². The third-order valence-corrected chi connectivity index (χ3v) is 4.47. The Morgan fingerprint density at radius 2 is 1.67 bits per heavy atom. The number of hydrogen-bond acceptors (Lipinski definition) is 3. The van der Waals surface area contributed by atoms with Crippen LogP contribution in [0.5, 0.6) is 11.5 Å². The number of amides is 1. The maximum atomic E-state index is 12.6. The molecule has 1 amide bonds. The first-order chi connectivity index (χ1) is 13.1. The molecule has 3 aromatic carbocycles. The molecule has 27 heavy (non-hydrogen) atoms. The summed E-state index contributed by atoms with van der Waals surface area (Å²) in [6.07, 6.45) is -0.596. The third kappa shape index (κ3) is 4.59. The average Bonchev–Trinajstić information content (AvgIpc) is 2.69. The van der Waals surface area contributed by atoms with E-state index in [0.29, 0.717) is 12.4 Å². The Morgan fingerprint density at radius 3 is 2.41 bits per heavy atom. The van der Waals surface area contributed by atoms with Crippen LogP contribution in [-0.4, -0.2) is 18.6 Å². The summed E-state index contributed by atoms with van der Waals surface area (Å²) in [5, 5.41) is 5.10. The van der Waals surface area contributed by atoms with E-state index >= 15 is 0 Å². The molecule has 0 fully saturated rings. The predicted molar refractivity (Wildman–Crippen MR) is 108 cm³/mol. The van der Waals surface area contributed by atoms with E-state index in [0.717, 1.165) is 22.1 Å². The van der Waals surface area contributed by atoms with Crippen molar-refractivity contribution in [3.05, 3.63) is 72.3 Å². The Bertz CT molecular complexity index is 900. The molecule has 0 unspecified atom stereocenters. The number of fused-ring (bicyclic) bond motifs is 1. The van der Waals surface area contributed by atoms with E-state index < -0.39 is 6.10 Å². The zero-order valence-corrected chi connectivity index (χ0v) is 15.9. The molecule has 4 heteroatoms. The van der Waals surface area contributed by atoms with Crippen LogP contribution < -0.4 is 14.8 Å². The normalized spacial score (nSPS) is 13.0. The Balaban J connectivity index is 1.64. The van der Waals surface area contributed by atoms with Gasteiger partial charge in [-0.25, -0.2) is 0 Å². The molecular weight excluding hydrogens is 338 g/mol. The largest absolute Gasteiger partial charge is 0.494 e. The molecule has 0 aliphatic rings. The van der Waals surface area contributed by atoms with Crippen LogP contribution in [0.25, 0.3) is 10.8 Å². The third-order valence-electron chi connectivity index (χ3n) is 4.47. The van der Waals surface area contributed by atoms with E-state index in [1.165, 1.54) is 0 Å². The highest BCUT2D eigenvalue weighted by Crippen LogP contribution is 2.26. The van der Waals surface area contributed by atoms with E-state index in [1.54, 1.807) is 6.92 Å². The average molecular weight is 363 g/mol. The predicted octanol–water partition coefficient (Wildman–Crippen LogP) is 4.88. The van der Waals surface area contributed by atoms with Crippen molar-refractivity contribution in [2.75, 3.05) is 6.61 Å². The topological polar surface area (TPSA) is 47.6 Å². The van der Waals surface area contributed by atoms with Gasteiger partial charge >= 0.3 is 0 Å². The van der Waals surface area contributed by atoms with Crippen molar-refractivity contribution < 1.29 is 14.3 Å². The summed E-state index contributed by atoms with van der Waals surface area (Å²) >= 11 is 0. The first-order valence-corrected chi connectivity index (χ1v) is 9.26. The molecule has 0 saturated heterocycles. The molecule has 140 valence electrons. The minimum Gasteiger partial charge on any atom is -0.494 e. The fourth-order valence-corrected chi connectivity index (χ4v) is 2.98. The highest BCUT2D eigenvalue weighted by atomic mass is 16.5. The minimum atomic E-state index is -0.596. The van der Waals surface area contributed by atoms with Gasteiger partial charge in [0.2, 0.25) is 0 Å². The van der Waals surface area contributed by atoms with Gasteiger partial charge in [-0.15, -0.1) is 0 Å². The van der Waals surface area contributed by atoms with Crippen molar-refractivity contribution in [3.63, 3.8) is 0 Å². The standard InChI is InChI=1S/C23H25NO3/c1-4-26-20-14-12-18(13-15-20)16(2)24-23(25)17(3)27-22-11-7-9-19-8-5-6-10-21(19)22/h5-17H,4H2,1-3H3,(H,24,25)/t16-,17+/m0/s1. The number of carbonyl (C=O) groups excluding carboxylic acids is 1. The Kier molecular flexibility index (Phi) is 5.97. The Labute approximate surface area is 160 Å². The monoisotopic (exact) mass is 363 g/mol. The van der Waals surface area contributed by atoms with Gasteiger partial charge in [0.05, 0.1) is 12.6 Å². The van der Waals surface area contributed by atoms with Gasteiger partial charge in [-0.1, -0.05) is 48.5 Å². The van der Waals surface area contributed by atoms with E-state index in [1.807, 2.05) is 80.6 Å². The van der Waals surface area contributed by atoms with Crippen LogP contribution in [0.2, 0.25) is 0 Å². The van der Waals surface area contributed by atoms with Crippen LogP contribution in [0.15, 0.2) is 66.7 Å². The fraction of sp³-hybridized carbons (Fsp3) is 0.261. The smallest absolute Gasteiger partial charge is 0.261 e. The number of hydrogen-bond donors (Lipinski definition) is 1. The summed E-state index contributed by atoms with van der Waals surface area (Å²) in [5.41, 5.74) is 1.02. The Morgan fingerprint density at radius 1 is 0.963 bits per heavy atom. The Hall–Kier alpha value is -3.01. The fourth-order valence-electron chi connectivity index (χ4n) is 2.98. The lowest BCUT2D eigenvalue weighted by Crippen LogP contribution is -2.37. The number of nitrogens with one attached hydrogen (secondary N) is 1. The number of benzene rings is 3. The summed E-state index contributed by atoms with van der Waals surface area (Å²) < 4.78 is 11.4. The van der Waals surface area contributed by atoms with E-state index in [2.05, 4.69) is 5.32 Å². The first-order valence-electron chi connectivity index (χ1n) is 9.26. The summed E-state index contributed by atoms with van der Waals surface area (Å²) in [6, 6.07) is 21.5. The number of ether oxygens (including phenoxy) is 2. The highest BCUT2D eigenvalue weighted by molar-refractivity contribution is 5.89. The van der Waals surface area contributed by atoms with Gasteiger partial charge in [-0.3, -0.25) is 4.79 Å². The van der Waals surface area contributed by atoms with Crippen molar-refractivity contribution in [1.82, 2.24) is 5.32 Å². The van der Waals surface area contributed by atoms with Crippen molar-refractivity contribution >= 4 is 16.7 Å². The van der Waals surface area contributed by atoms with Gasteiger partial charge in [0.25, 0.3) is 5.91 Å². The summed E-state index contributed by atoms with van der Waals surface area (Å²) in [7, 11) is 0. The zero-order chi connectivity index (χ0) is 19.2. The molecule has 0 aromatic heterocycles. The molecule has 0 heterocycles. The lowest BCUT2D eigenvalue weighted by Gasteiger charge is -2.20. The van der Waals surface area contributed by atoms with Crippen molar-refractivity contribution in [3.8, 4) is 11.5 Å². The molecule has 0 bridgehead atoms. The van der Waals surface area contributed by atoms with Gasteiger partial charge in [-0.05, 0) is 49.9 Å². The summed E-state index contributed by atoms with van der Waals surface area (Å²) in [4.78, 5) is 12.6. The SMILES string of the molecule is CCOc1ccc([C@H](C)NC(=O)[C@@H](C)Oc2cccc3ccccc23)cc1. The second-order valence-corrected chi connectivity index (χ2v) is 6.47. The van der Waals surface area contributed by atoms with Crippen LogP contribution in [0.3, 0.4) is 0 Å². The van der Waals surface area contributed by atoms with E-state index in [-0.39, 0.29) is 11.9 Å². The molecule has 2 atom stereocenters. The molecule has 4 nitrogen and oxygen atoms in total. The molecule has 0 aliphatic carbocycles. The summed E-state index contributed by atoms with van der Waals surface area (Å²) in [5.74, 6) is 1.39. The van der Waals surface area contributed by atoms with E-state index in [4.69, 9.17) is 9.47 Å². The summed E-state index contributed by atoms with van der Waals surface area (Å²) in [6.45, 7) is 6.31. The number of carbonyl (C=O) groups is 1. The van der Waals surface area contributed by atoms with Gasteiger partial charge in [0.15, 0.2) is 6.10 Å². The lowest BCUT2D eigenvalue weighted by atomic mass is 10.1. The first kappa shape index (κ1) is 18.8. The van der Waals surface area contributed by atoms with E-state index in [9.17, 15) is 4.79 Å². The maximum absolute atomic E-state index is 12.6. The maximum Gasteiger partial charge on any atom is 0.261 e. The quantitative estimate of drug-likeness (QED) is 0.650. The second kappa shape index (κ2) is 8.58. The molecule has 0 aliphatic heterocycles. The molecule has 3 rings (SSSR count). The van der Waals surface area contributed by atoms with Crippen LogP contribution in [-0.2, 0) is 4.79 Å². The van der Waals surface area contributed by atoms with Crippen LogP contribution in [0, 0.1) is 0 Å². The molecule has 0 saturated carbocycles. The van der Waals surface area contributed by atoms with Crippen LogP contribution >= 0.6 is 0 Å². The lowest BCUT2D eigenvalue weighted by molar-refractivity contribution is -0.127. The molecule has 1 N–H and O–H groups in total. The van der Waals surface area contributed by atoms with Crippen LogP contribution in [0.4, 0.5) is 0 Å². The minimum absolute atomic E-state index is 0.119. The molecular formula is C23H25NO3. The molecule has 0 radical (unpaired) electrons. The van der Waals surface area contributed by atoms with Crippen molar-refractivity contribution in [2.24, 2.45) is 0 Å². The van der Waals surface area contributed by atoms with Crippen LogP contribution in [0.1, 0.15) is 32.4 Å². The second-order valence-electron chi connectivity index (χ2n) is 6.47. The van der Waals surface area contributed by atoms with Gasteiger partial charge in [0, 0.05) is 5.39 Å². The van der Waals surface area contributed by atoms with Crippen molar-refractivity contribution in [1.29, 1.82) is 0 Å². The van der Waals surface area contributed by atoms with Gasteiger partial charge in [0.1, 0.15) is 11.5 Å². The zero-order valence-electron chi connectivity index (χ0n) is 15.9. The van der Waals surface area contributed by atoms with Gasteiger partial charge < -0.3 is 14.8 Å². The highest BCUT2D eigenvalue weighted by Gasteiger charge is 2.18. The number of rotatable bonds is 7.